The molecule has 2 rings (SSSR count). The van der Waals surface area contributed by atoms with Crippen molar-refractivity contribution >= 4 is 11.3 Å². The smallest absolute Gasteiger partial charge is 0.0946 e. The summed E-state index contributed by atoms with van der Waals surface area (Å²) in [5.41, 5.74) is 7.55. The van der Waals surface area contributed by atoms with E-state index in [0.29, 0.717) is 6.04 Å². The quantitative estimate of drug-likeness (QED) is 0.835. The van der Waals surface area contributed by atoms with Crippen LogP contribution in [0, 0.1) is 19.8 Å². The Kier molecular flexibility index (Phi) is 4.57. The fourth-order valence-electron chi connectivity index (χ4n) is 2.73. The fraction of sp³-hybridized carbons (Fsp3) is 0.786. The number of thiazole rings is 1. The number of nitrogens with zero attached hydrogens (tertiary/aromatic N) is 1. The number of aryl methyl sites for hydroxylation is 2. The fourth-order valence-corrected chi connectivity index (χ4v) is 3.74. The van der Waals surface area contributed by atoms with Crippen LogP contribution >= 0.6 is 11.3 Å². The first-order valence-electron chi connectivity index (χ1n) is 6.85. The van der Waals surface area contributed by atoms with E-state index in [0.717, 1.165) is 12.3 Å². The molecule has 2 N–H and O–H groups in total. The molecule has 1 saturated carbocycles. The van der Waals surface area contributed by atoms with E-state index in [1.165, 1.54) is 54.1 Å². The summed E-state index contributed by atoms with van der Waals surface area (Å²) in [7, 11) is 0. The van der Waals surface area contributed by atoms with E-state index in [1.54, 1.807) is 0 Å². The van der Waals surface area contributed by atoms with Gasteiger partial charge >= 0.3 is 0 Å². The Morgan fingerprint density at radius 2 is 1.88 bits per heavy atom. The van der Waals surface area contributed by atoms with Gasteiger partial charge in [-0.15, -0.1) is 11.3 Å². The second-order valence-corrected chi connectivity index (χ2v) is 6.66. The van der Waals surface area contributed by atoms with Crippen molar-refractivity contribution in [3.05, 3.63) is 15.6 Å². The van der Waals surface area contributed by atoms with Crippen LogP contribution in [0.25, 0.3) is 0 Å². The summed E-state index contributed by atoms with van der Waals surface area (Å²) in [6.45, 7) is 4.24. The number of hydrogen-bond donors (Lipinski definition) is 1. The number of aromatic nitrogens is 1. The van der Waals surface area contributed by atoms with Crippen LogP contribution in [0.15, 0.2) is 0 Å². The van der Waals surface area contributed by atoms with Crippen molar-refractivity contribution < 1.29 is 0 Å². The van der Waals surface area contributed by atoms with E-state index in [4.69, 9.17) is 5.73 Å². The van der Waals surface area contributed by atoms with Crippen LogP contribution in [-0.4, -0.2) is 11.0 Å². The number of nitrogens with two attached hydrogens (primary N) is 1. The second-order valence-electron chi connectivity index (χ2n) is 5.37. The summed E-state index contributed by atoms with van der Waals surface area (Å²) in [4.78, 5) is 5.95. The van der Waals surface area contributed by atoms with Crippen molar-refractivity contribution in [3.8, 4) is 0 Å². The normalized spacial score (nSPS) is 20.2. The van der Waals surface area contributed by atoms with E-state index in [-0.39, 0.29) is 0 Å². The minimum Gasteiger partial charge on any atom is -0.327 e. The third-order valence-corrected chi connectivity index (χ3v) is 5.08. The van der Waals surface area contributed by atoms with Gasteiger partial charge in [0, 0.05) is 17.3 Å². The molecule has 1 aliphatic rings. The Bertz CT molecular complexity index is 332. The van der Waals surface area contributed by atoms with Gasteiger partial charge in [-0.05, 0) is 32.6 Å². The Morgan fingerprint density at radius 3 is 2.41 bits per heavy atom. The first-order valence-corrected chi connectivity index (χ1v) is 7.67. The van der Waals surface area contributed by atoms with Crippen LogP contribution in [-0.2, 0) is 6.42 Å². The third kappa shape index (κ3) is 3.52. The molecule has 1 atom stereocenters. The van der Waals surface area contributed by atoms with Gasteiger partial charge in [-0.2, -0.15) is 0 Å². The van der Waals surface area contributed by atoms with Crippen molar-refractivity contribution in [1.29, 1.82) is 0 Å². The Balaban J connectivity index is 1.93. The van der Waals surface area contributed by atoms with Crippen molar-refractivity contribution in [1.82, 2.24) is 4.98 Å². The minimum atomic E-state index is 0.318. The Labute approximate surface area is 109 Å². The number of rotatable bonds is 3. The van der Waals surface area contributed by atoms with E-state index >= 15 is 0 Å². The molecule has 0 radical (unpaired) electrons. The maximum Gasteiger partial charge on any atom is 0.0946 e. The van der Waals surface area contributed by atoms with Gasteiger partial charge in [0.25, 0.3) is 0 Å². The highest BCUT2D eigenvalue weighted by Gasteiger charge is 2.20. The molecule has 0 aliphatic heterocycles. The molecule has 1 aromatic heterocycles. The lowest BCUT2D eigenvalue weighted by Gasteiger charge is -2.21. The van der Waals surface area contributed by atoms with E-state index in [1.807, 2.05) is 11.3 Å². The largest absolute Gasteiger partial charge is 0.327 e. The van der Waals surface area contributed by atoms with Crippen LogP contribution in [0.3, 0.4) is 0 Å². The van der Waals surface area contributed by atoms with E-state index in [9.17, 15) is 0 Å². The summed E-state index contributed by atoms with van der Waals surface area (Å²) >= 11 is 1.82. The maximum atomic E-state index is 6.38. The summed E-state index contributed by atoms with van der Waals surface area (Å²) in [6.07, 6.45) is 9.17. The lowest BCUT2D eigenvalue weighted by molar-refractivity contribution is 0.372. The highest BCUT2D eigenvalue weighted by atomic mass is 32.1. The van der Waals surface area contributed by atoms with Crippen LogP contribution < -0.4 is 5.73 Å². The molecular weight excluding hydrogens is 228 g/mol. The molecule has 0 bridgehead atoms. The molecule has 0 aromatic carbocycles. The molecule has 0 amide bonds. The highest BCUT2D eigenvalue weighted by molar-refractivity contribution is 7.11. The first-order chi connectivity index (χ1) is 8.16. The topological polar surface area (TPSA) is 38.9 Å². The van der Waals surface area contributed by atoms with E-state index in [2.05, 4.69) is 18.8 Å². The Morgan fingerprint density at radius 1 is 1.24 bits per heavy atom. The number of hydrogen-bond acceptors (Lipinski definition) is 3. The van der Waals surface area contributed by atoms with Crippen molar-refractivity contribution in [2.75, 3.05) is 0 Å². The summed E-state index contributed by atoms with van der Waals surface area (Å²) < 4.78 is 0. The van der Waals surface area contributed by atoms with E-state index < -0.39 is 0 Å². The van der Waals surface area contributed by atoms with Crippen LogP contribution in [0.2, 0.25) is 0 Å². The zero-order valence-electron chi connectivity index (χ0n) is 11.0. The lowest BCUT2D eigenvalue weighted by atomic mass is 9.91. The summed E-state index contributed by atoms with van der Waals surface area (Å²) in [6, 6.07) is 0.318. The summed E-state index contributed by atoms with van der Waals surface area (Å²) in [5.74, 6) is 0.724. The molecule has 17 heavy (non-hydrogen) atoms. The molecular formula is C14H24N2S. The van der Waals surface area contributed by atoms with Gasteiger partial charge < -0.3 is 5.73 Å². The molecule has 1 aromatic rings. The SMILES string of the molecule is Cc1nc(CC(N)C2CCCCCC2)sc1C. The molecule has 2 nitrogen and oxygen atoms in total. The van der Waals surface area contributed by atoms with Crippen LogP contribution in [0.4, 0.5) is 0 Å². The predicted molar refractivity (Wildman–Crippen MR) is 74.5 cm³/mol. The van der Waals surface area contributed by atoms with Crippen molar-refractivity contribution in [2.45, 2.75) is 64.8 Å². The average molecular weight is 252 g/mol. The molecule has 0 spiro atoms. The molecule has 1 fully saturated rings. The molecule has 1 heterocycles. The predicted octanol–water partition coefficient (Wildman–Crippen LogP) is 3.60. The molecule has 3 heteroatoms. The lowest BCUT2D eigenvalue weighted by Crippen LogP contribution is -2.32. The monoisotopic (exact) mass is 252 g/mol. The maximum absolute atomic E-state index is 6.38. The van der Waals surface area contributed by atoms with Gasteiger partial charge in [-0.3, -0.25) is 0 Å². The van der Waals surface area contributed by atoms with Gasteiger partial charge in [0.1, 0.15) is 0 Å². The van der Waals surface area contributed by atoms with Crippen molar-refractivity contribution in [2.24, 2.45) is 11.7 Å². The van der Waals surface area contributed by atoms with Gasteiger partial charge in [-0.25, -0.2) is 4.98 Å². The Hall–Kier alpha value is -0.410. The highest BCUT2D eigenvalue weighted by Crippen LogP contribution is 2.27. The molecule has 96 valence electrons. The van der Waals surface area contributed by atoms with Gasteiger partial charge in [-0.1, -0.05) is 25.7 Å². The van der Waals surface area contributed by atoms with Gasteiger partial charge in [0.05, 0.1) is 10.7 Å². The molecule has 1 aliphatic carbocycles. The second kappa shape index (κ2) is 5.96. The molecule has 0 saturated heterocycles. The first kappa shape index (κ1) is 13.0. The van der Waals surface area contributed by atoms with Gasteiger partial charge in [0.2, 0.25) is 0 Å². The third-order valence-electron chi connectivity index (χ3n) is 3.99. The van der Waals surface area contributed by atoms with Crippen LogP contribution in [0.5, 0.6) is 0 Å². The zero-order chi connectivity index (χ0) is 12.3. The van der Waals surface area contributed by atoms with Gasteiger partial charge in [0.15, 0.2) is 0 Å². The van der Waals surface area contributed by atoms with Crippen LogP contribution in [0.1, 0.15) is 54.1 Å². The average Bonchev–Trinajstić information content (AvgIpc) is 2.54. The molecule has 1 unspecified atom stereocenters. The zero-order valence-corrected chi connectivity index (χ0v) is 11.9. The van der Waals surface area contributed by atoms with Crippen molar-refractivity contribution in [3.63, 3.8) is 0 Å². The summed E-state index contributed by atoms with van der Waals surface area (Å²) in [5, 5.41) is 1.23. The standard InChI is InChI=1S/C14H24N2S/c1-10-11(2)17-14(16-10)9-13(15)12-7-5-3-4-6-8-12/h12-13H,3-9,15H2,1-2H3. The minimum absolute atomic E-state index is 0.318.